The highest BCUT2D eigenvalue weighted by Gasteiger charge is 2.07. The normalized spacial score (nSPS) is 10.1. The first-order valence-corrected chi connectivity index (χ1v) is 8.96. The van der Waals surface area contributed by atoms with Crippen molar-refractivity contribution in [1.82, 2.24) is 5.32 Å². The predicted molar refractivity (Wildman–Crippen MR) is 109 cm³/mol. The lowest BCUT2D eigenvalue weighted by Crippen LogP contribution is -2.09. The lowest BCUT2D eigenvalue weighted by molar-refractivity contribution is -0.120. The average Bonchev–Trinajstić information content (AvgIpc) is 2.73. The largest absolute Gasteiger partial charge is 0.497 e. The fourth-order valence-corrected chi connectivity index (χ4v) is 2.83. The molecule has 3 aromatic carbocycles. The number of hydrogen-bond acceptors (Lipinski definition) is 2. The molecule has 0 saturated heterocycles. The second-order valence-corrected chi connectivity index (χ2v) is 6.09. The highest BCUT2D eigenvalue weighted by molar-refractivity contribution is 5.82. The van der Waals surface area contributed by atoms with Gasteiger partial charge in [0.2, 0.25) is 5.91 Å². The molecule has 3 rings (SSSR count). The van der Waals surface area contributed by atoms with Crippen molar-refractivity contribution in [2.24, 2.45) is 0 Å². The van der Waals surface area contributed by atoms with Gasteiger partial charge in [0.1, 0.15) is 5.75 Å². The molecule has 0 aliphatic rings. The Morgan fingerprint density at radius 3 is 1.93 bits per heavy atom. The third-order valence-electron chi connectivity index (χ3n) is 4.20. The van der Waals surface area contributed by atoms with Crippen LogP contribution in [0.15, 0.2) is 91.0 Å². The fourth-order valence-electron chi connectivity index (χ4n) is 2.83. The molecular formula is C24H22NO2. The number of hydrogen-bond donors (Lipinski definition) is 0. The molecule has 0 atom stereocenters. The minimum absolute atomic E-state index is 0.128. The molecule has 0 unspecified atom stereocenters. The quantitative estimate of drug-likeness (QED) is 0.571. The van der Waals surface area contributed by atoms with Gasteiger partial charge in [-0.25, -0.2) is 5.32 Å². The maximum absolute atomic E-state index is 12.2. The number of benzene rings is 3. The van der Waals surface area contributed by atoms with Gasteiger partial charge in [-0.05, 0) is 47.4 Å². The zero-order chi connectivity index (χ0) is 18.9. The van der Waals surface area contributed by atoms with Crippen molar-refractivity contribution in [1.29, 1.82) is 0 Å². The van der Waals surface area contributed by atoms with Crippen LogP contribution in [0, 0.1) is 0 Å². The summed E-state index contributed by atoms with van der Waals surface area (Å²) in [5, 5.41) is 4.15. The van der Waals surface area contributed by atoms with E-state index in [4.69, 9.17) is 4.74 Å². The van der Waals surface area contributed by atoms with Gasteiger partial charge in [0, 0.05) is 6.42 Å². The first-order valence-electron chi connectivity index (χ1n) is 8.96. The zero-order valence-corrected chi connectivity index (χ0v) is 15.3. The molecular weight excluding hydrogens is 334 g/mol. The third-order valence-corrected chi connectivity index (χ3v) is 4.20. The van der Waals surface area contributed by atoms with Crippen LogP contribution in [0.3, 0.4) is 0 Å². The summed E-state index contributed by atoms with van der Waals surface area (Å²) in [4.78, 5) is 12.2. The maximum atomic E-state index is 12.2. The van der Waals surface area contributed by atoms with E-state index in [1.807, 2.05) is 36.4 Å². The number of ether oxygens (including phenoxy) is 1. The lowest BCUT2D eigenvalue weighted by Gasteiger charge is -2.09. The van der Waals surface area contributed by atoms with Crippen LogP contribution in [-0.4, -0.2) is 13.0 Å². The van der Waals surface area contributed by atoms with Gasteiger partial charge >= 0.3 is 0 Å². The molecule has 1 amide bonds. The summed E-state index contributed by atoms with van der Waals surface area (Å²) < 4.78 is 5.12. The standard InChI is InChI=1S/C24H22NO2/c1-27-22-17-15-21(16-18-22)25-24(26)14-8-13-23(19-9-4-2-5-10-19)20-11-6-3-7-12-20/h2-7,9-13,15-18H,8,14H2,1H3. The van der Waals surface area contributed by atoms with Crippen LogP contribution in [0.4, 0.5) is 5.69 Å². The lowest BCUT2D eigenvalue weighted by atomic mass is 9.96. The van der Waals surface area contributed by atoms with E-state index >= 15 is 0 Å². The van der Waals surface area contributed by atoms with Crippen LogP contribution in [0.1, 0.15) is 24.0 Å². The van der Waals surface area contributed by atoms with E-state index in [0.29, 0.717) is 18.5 Å². The second-order valence-electron chi connectivity index (χ2n) is 6.09. The summed E-state index contributed by atoms with van der Waals surface area (Å²) in [7, 11) is 1.61. The molecule has 0 bridgehead atoms. The highest BCUT2D eigenvalue weighted by atomic mass is 16.5. The molecule has 3 heteroatoms. The third kappa shape index (κ3) is 5.32. The SMILES string of the molecule is COc1ccc([N]C(=O)CCC=C(c2ccccc2)c2ccccc2)cc1. The van der Waals surface area contributed by atoms with Crippen LogP contribution >= 0.6 is 0 Å². The van der Waals surface area contributed by atoms with Crippen molar-refractivity contribution in [3.8, 4) is 5.75 Å². The summed E-state index contributed by atoms with van der Waals surface area (Å²) in [6.07, 6.45) is 3.12. The Bertz CT molecular complexity index is 843. The van der Waals surface area contributed by atoms with E-state index < -0.39 is 0 Å². The smallest absolute Gasteiger partial charge is 0.246 e. The molecule has 0 aromatic heterocycles. The molecule has 135 valence electrons. The van der Waals surface area contributed by atoms with Crippen LogP contribution in [0.2, 0.25) is 0 Å². The Labute approximate surface area is 160 Å². The van der Waals surface area contributed by atoms with E-state index in [2.05, 4.69) is 35.7 Å². The van der Waals surface area contributed by atoms with Gasteiger partial charge in [0.05, 0.1) is 12.8 Å². The van der Waals surface area contributed by atoms with Gasteiger partial charge in [-0.2, -0.15) is 0 Å². The van der Waals surface area contributed by atoms with Crippen molar-refractivity contribution in [3.05, 3.63) is 102 Å². The highest BCUT2D eigenvalue weighted by Crippen LogP contribution is 2.24. The van der Waals surface area contributed by atoms with Crippen LogP contribution < -0.4 is 10.1 Å². The monoisotopic (exact) mass is 356 g/mol. The Morgan fingerprint density at radius 1 is 0.852 bits per heavy atom. The fraction of sp³-hybridized carbons (Fsp3) is 0.125. The van der Waals surface area contributed by atoms with Gasteiger partial charge in [0.25, 0.3) is 0 Å². The molecule has 1 radical (unpaired) electrons. The molecule has 27 heavy (non-hydrogen) atoms. The number of carbonyl (C=O) groups excluding carboxylic acids is 1. The number of methoxy groups -OCH3 is 1. The molecule has 0 spiro atoms. The number of allylic oxidation sites excluding steroid dienone is 1. The van der Waals surface area contributed by atoms with Crippen LogP contribution in [0.25, 0.3) is 5.57 Å². The second kappa shape index (κ2) is 9.39. The first-order chi connectivity index (χ1) is 13.3. The van der Waals surface area contributed by atoms with E-state index in [0.717, 1.165) is 22.4 Å². The summed E-state index contributed by atoms with van der Waals surface area (Å²) in [5.74, 6) is 0.622. The number of amides is 1. The first kappa shape index (κ1) is 18.5. The van der Waals surface area contributed by atoms with Crippen molar-refractivity contribution in [2.45, 2.75) is 12.8 Å². The molecule has 3 nitrogen and oxygen atoms in total. The van der Waals surface area contributed by atoms with E-state index in [9.17, 15) is 4.79 Å². The Balaban J connectivity index is 1.66. The molecule has 0 aliphatic heterocycles. The van der Waals surface area contributed by atoms with Gasteiger partial charge in [-0.3, -0.25) is 4.79 Å². The minimum atomic E-state index is -0.128. The van der Waals surface area contributed by atoms with E-state index in [1.54, 1.807) is 31.4 Å². The summed E-state index contributed by atoms with van der Waals surface area (Å²) >= 11 is 0. The number of carbonyl (C=O) groups is 1. The summed E-state index contributed by atoms with van der Waals surface area (Å²) in [6, 6.07) is 27.6. The molecule has 0 aliphatic carbocycles. The number of rotatable bonds is 7. The summed E-state index contributed by atoms with van der Waals surface area (Å²) in [5.41, 5.74) is 4.07. The summed E-state index contributed by atoms with van der Waals surface area (Å²) in [6.45, 7) is 0. The molecule has 3 aromatic rings. The number of nitrogens with zero attached hydrogens (tertiary/aromatic N) is 1. The topological polar surface area (TPSA) is 40.4 Å². The average molecular weight is 356 g/mol. The van der Waals surface area contributed by atoms with Crippen LogP contribution in [-0.2, 0) is 4.79 Å². The molecule has 0 saturated carbocycles. The Hall–Kier alpha value is -3.33. The molecule has 0 heterocycles. The minimum Gasteiger partial charge on any atom is -0.497 e. The van der Waals surface area contributed by atoms with Crippen LogP contribution in [0.5, 0.6) is 5.75 Å². The van der Waals surface area contributed by atoms with Gasteiger partial charge < -0.3 is 4.74 Å². The maximum Gasteiger partial charge on any atom is 0.246 e. The van der Waals surface area contributed by atoms with Gasteiger partial charge in [0.15, 0.2) is 0 Å². The Kier molecular flexibility index (Phi) is 6.42. The molecule has 0 N–H and O–H groups in total. The van der Waals surface area contributed by atoms with Crippen molar-refractivity contribution < 1.29 is 9.53 Å². The Morgan fingerprint density at radius 2 is 1.41 bits per heavy atom. The van der Waals surface area contributed by atoms with Gasteiger partial charge in [-0.1, -0.05) is 66.7 Å². The van der Waals surface area contributed by atoms with Crippen molar-refractivity contribution in [2.75, 3.05) is 7.11 Å². The van der Waals surface area contributed by atoms with Crippen molar-refractivity contribution >= 4 is 17.2 Å². The van der Waals surface area contributed by atoms with E-state index in [1.165, 1.54) is 0 Å². The van der Waals surface area contributed by atoms with Crippen molar-refractivity contribution in [3.63, 3.8) is 0 Å². The predicted octanol–water partition coefficient (Wildman–Crippen LogP) is 5.37. The zero-order valence-electron chi connectivity index (χ0n) is 15.3. The van der Waals surface area contributed by atoms with E-state index in [-0.39, 0.29) is 5.91 Å². The van der Waals surface area contributed by atoms with Gasteiger partial charge in [-0.15, -0.1) is 0 Å². The molecule has 0 fully saturated rings.